The smallest absolute Gasteiger partial charge is 0.402 e. The molecule has 0 bridgehead atoms. The molecule has 1 amide bonds. The first kappa shape index (κ1) is 12.2. The average molecular weight is 188 g/mol. The fraction of sp³-hybridized carbons (Fsp3) is 0.889. The number of carbonyl (C=O) groups is 1. The summed E-state index contributed by atoms with van der Waals surface area (Å²) >= 11 is 0. The van der Waals surface area contributed by atoms with Crippen molar-refractivity contribution in [3.05, 3.63) is 0 Å². The molecular weight excluding hydrogens is 168 g/mol. The van der Waals surface area contributed by atoms with Crippen LogP contribution < -0.4 is 11.5 Å². The molecule has 78 valence electrons. The van der Waals surface area contributed by atoms with Crippen LogP contribution >= 0.6 is 0 Å². The maximum absolute atomic E-state index is 8.78. The van der Waals surface area contributed by atoms with Gasteiger partial charge in [-0.25, -0.2) is 4.79 Å². The molecule has 0 radical (unpaired) electrons. The summed E-state index contributed by atoms with van der Waals surface area (Å²) < 4.78 is 0. The molecule has 0 aromatic heterocycles. The van der Waals surface area contributed by atoms with Gasteiger partial charge in [0.25, 0.3) is 0 Å². The fourth-order valence-electron chi connectivity index (χ4n) is 1.53. The van der Waals surface area contributed by atoms with E-state index in [1.807, 2.05) is 0 Å². The van der Waals surface area contributed by atoms with Crippen LogP contribution in [0, 0.1) is 5.92 Å². The third-order valence-electron chi connectivity index (χ3n) is 2.73. The van der Waals surface area contributed by atoms with Crippen LogP contribution in [-0.2, 0) is 0 Å². The number of hydrogen-bond donors (Lipinski definition) is 3. The van der Waals surface area contributed by atoms with Gasteiger partial charge in [-0.2, -0.15) is 0 Å². The number of hydrogen-bond acceptors (Lipinski definition) is 2. The number of primary amides is 1. The van der Waals surface area contributed by atoms with Crippen molar-refractivity contribution >= 4 is 6.09 Å². The normalized spacial score (nSPS) is 33.0. The van der Waals surface area contributed by atoms with Crippen LogP contribution in [0.3, 0.4) is 0 Å². The van der Waals surface area contributed by atoms with Gasteiger partial charge in [0.15, 0.2) is 0 Å². The Labute approximate surface area is 79.3 Å². The number of rotatable bonds is 0. The van der Waals surface area contributed by atoms with Crippen molar-refractivity contribution in [3.63, 3.8) is 0 Å². The van der Waals surface area contributed by atoms with E-state index in [0.717, 1.165) is 5.92 Å². The third kappa shape index (κ3) is 5.47. The van der Waals surface area contributed by atoms with Crippen LogP contribution in [0.2, 0.25) is 0 Å². The van der Waals surface area contributed by atoms with E-state index < -0.39 is 6.09 Å². The molecule has 1 saturated carbocycles. The van der Waals surface area contributed by atoms with E-state index in [9.17, 15) is 0 Å². The Morgan fingerprint density at radius 3 is 2.23 bits per heavy atom. The Kier molecular flexibility index (Phi) is 4.77. The summed E-state index contributed by atoms with van der Waals surface area (Å²) in [4.78, 5) is 8.78. The molecule has 0 spiro atoms. The minimum Gasteiger partial charge on any atom is -0.465 e. The maximum Gasteiger partial charge on any atom is 0.402 e. The lowest BCUT2D eigenvalue weighted by molar-refractivity contribution is 0.205. The molecule has 13 heavy (non-hydrogen) atoms. The van der Waals surface area contributed by atoms with Crippen molar-refractivity contribution in [2.75, 3.05) is 0 Å². The zero-order valence-electron chi connectivity index (χ0n) is 8.42. The highest BCUT2D eigenvalue weighted by atomic mass is 16.4. The zero-order valence-corrected chi connectivity index (χ0v) is 8.42. The summed E-state index contributed by atoms with van der Waals surface area (Å²) in [5, 5.41) is 7.19. The van der Waals surface area contributed by atoms with Crippen LogP contribution in [0.1, 0.15) is 39.5 Å². The number of amides is 1. The fourth-order valence-corrected chi connectivity index (χ4v) is 1.53. The largest absolute Gasteiger partial charge is 0.465 e. The van der Waals surface area contributed by atoms with Gasteiger partial charge in [-0.3, -0.25) is 0 Å². The summed E-state index contributed by atoms with van der Waals surface area (Å²) in [6.45, 7) is 4.44. The van der Waals surface area contributed by atoms with Crippen LogP contribution in [-0.4, -0.2) is 16.7 Å². The van der Waals surface area contributed by atoms with E-state index >= 15 is 0 Å². The molecule has 0 aromatic rings. The van der Waals surface area contributed by atoms with Gasteiger partial charge in [0.1, 0.15) is 0 Å². The van der Waals surface area contributed by atoms with E-state index in [1.165, 1.54) is 25.7 Å². The molecule has 1 fully saturated rings. The van der Waals surface area contributed by atoms with Crippen molar-refractivity contribution < 1.29 is 9.90 Å². The lowest BCUT2D eigenvalue weighted by atomic mass is 9.76. The Bertz CT molecular complexity index is 165. The summed E-state index contributed by atoms with van der Waals surface area (Å²) in [6, 6.07) is 0. The van der Waals surface area contributed by atoms with Crippen molar-refractivity contribution in [3.8, 4) is 0 Å². The second-order valence-corrected chi connectivity index (χ2v) is 3.99. The second-order valence-electron chi connectivity index (χ2n) is 3.99. The van der Waals surface area contributed by atoms with Crippen LogP contribution in [0.25, 0.3) is 0 Å². The van der Waals surface area contributed by atoms with E-state index in [4.69, 9.17) is 15.6 Å². The predicted molar refractivity (Wildman–Crippen MR) is 52.4 cm³/mol. The van der Waals surface area contributed by atoms with Gasteiger partial charge in [0.2, 0.25) is 0 Å². The van der Waals surface area contributed by atoms with E-state index in [-0.39, 0.29) is 5.54 Å². The summed E-state index contributed by atoms with van der Waals surface area (Å²) in [5.74, 6) is 0.728. The molecule has 5 N–H and O–H groups in total. The summed E-state index contributed by atoms with van der Waals surface area (Å²) in [7, 11) is 0. The van der Waals surface area contributed by atoms with Crippen molar-refractivity contribution in [1.29, 1.82) is 0 Å². The molecule has 1 aliphatic rings. The van der Waals surface area contributed by atoms with Crippen LogP contribution in [0.5, 0.6) is 0 Å². The van der Waals surface area contributed by atoms with Gasteiger partial charge in [-0.1, -0.05) is 19.8 Å². The SMILES string of the molecule is CC1CCCCC1(C)N.NC(=O)O. The Balaban J connectivity index is 0.000000310. The highest BCUT2D eigenvalue weighted by Gasteiger charge is 2.28. The molecule has 0 aliphatic heterocycles. The van der Waals surface area contributed by atoms with E-state index in [2.05, 4.69) is 19.6 Å². The first-order valence-electron chi connectivity index (χ1n) is 4.63. The highest BCUT2D eigenvalue weighted by Crippen LogP contribution is 2.30. The standard InChI is InChI=1S/C8H17N.CH3NO2/c1-7-5-3-4-6-8(7,2)9;2-1(3)4/h7H,3-6,9H2,1-2H3;2H2,(H,3,4). The molecule has 4 heteroatoms. The third-order valence-corrected chi connectivity index (χ3v) is 2.73. The summed E-state index contributed by atoms with van der Waals surface area (Å²) in [6.07, 6.45) is 3.92. The van der Waals surface area contributed by atoms with E-state index in [1.54, 1.807) is 0 Å². The molecule has 4 nitrogen and oxygen atoms in total. The number of carboxylic acid groups (broad SMARTS) is 1. The first-order chi connectivity index (χ1) is 5.86. The van der Waals surface area contributed by atoms with Gasteiger partial charge < -0.3 is 16.6 Å². The lowest BCUT2D eigenvalue weighted by Gasteiger charge is -2.35. The highest BCUT2D eigenvalue weighted by molar-refractivity contribution is 5.61. The number of nitrogens with two attached hydrogens (primary N) is 2. The van der Waals surface area contributed by atoms with E-state index in [0.29, 0.717) is 0 Å². The molecule has 0 aromatic carbocycles. The zero-order chi connectivity index (χ0) is 10.5. The Hall–Kier alpha value is -0.770. The molecule has 0 saturated heterocycles. The van der Waals surface area contributed by atoms with Crippen molar-refractivity contribution in [2.24, 2.45) is 17.4 Å². The minimum atomic E-state index is -1.33. The minimum absolute atomic E-state index is 0.137. The molecule has 0 heterocycles. The molecule has 2 atom stereocenters. The van der Waals surface area contributed by atoms with Gasteiger partial charge in [-0.05, 0) is 25.7 Å². The first-order valence-corrected chi connectivity index (χ1v) is 4.63. The van der Waals surface area contributed by atoms with Crippen LogP contribution in [0.15, 0.2) is 0 Å². The Morgan fingerprint density at radius 1 is 1.54 bits per heavy atom. The summed E-state index contributed by atoms with van der Waals surface area (Å²) in [5.41, 5.74) is 10.2. The topological polar surface area (TPSA) is 89.3 Å². The van der Waals surface area contributed by atoms with Gasteiger partial charge in [0.05, 0.1) is 0 Å². The molecular formula is C9H20N2O2. The average Bonchev–Trinajstić information content (AvgIpc) is 1.94. The molecule has 1 rings (SSSR count). The van der Waals surface area contributed by atoms with Gasteiger partial charge >= 0.3 is 6.09 Å². The maximum atomic E-state index is 8.78. The Morgan fingerprint density at radius 2 is 2.00 bits per heavy atom. The monoisotopic (exact) mass is 188 g/mol. The molecule has 2 unspecified atom stereocenters. The van der Waals surface area contributed by atoms with Gasteiger partial charge in [-0.15, -0.1) is 0 Å². The van der Waals surface area contributed by atoms with Crippen molar-refractivity contribution in [1.82, 2.24) is 0 Å². The second kappa shape index (κ2) is 5.07. The van der Waals surface area contributed by atoms with Crippen LogP contribution in [0.4, 0.5) is 4.79 Å². The quantitative estimate of drug-likeness (QED) is 0.538. The predicted octanol–water partition coefficient (Wildman–Crippen LogP) is 1.54. The lowest BCUT2D eigenvalue weighted by Crippen LogP contribution is -2.44. The van der Waals surface area contributed by atoms with Gasteiger partial charge in [0, 0.05) is 5.54 Å². The van der Waals surface area contributed by atoms with Crippen molar-refractivity contribution in [2.45, 2.75) is 45.1 Å². The molecule has 1 aliphatic carbocycles.